The van der Waals surface area contributed by atoms with Gasteiger partial charge in [-0.1, -0.05) is 12.1 Å². The molecule has 1 fully saturated rings. The maximum Gasteiger partial charge on any atom is 0.335 e. The first kappa shape index (κ1) is 28.5. The largest absolute Gasteiger partial charge is 0.479 e. The summed E-state index contributed by atoms with van der Waals surface area (Å²) in [5, 5.41) is 41.2. The highest BCUT2D eigenvalue weighted by Gasteiger charge is 2.48. The molecule has 0 aliphatic carbocycles. The molecule has 11 N–H and O–H groups in total. The lowest BCUT2D eigenvalue weighted by atomic mass is 9.99. The molecule has 15 heteroatoms. The van der Waals surface area contributed by atoms with Crippen molar-refractivity contribution >= 4 is 29.5 Å². The minimum atomic E-state index is -1.79. The maximum absolute atomic E-state index is 12.3. The number of nitrogen functional groups attached to an aromatic ring is 2. The molecule has 0 bridgehead atoms. The number of aliphatic imine (C=N–C) groups is 1. The molecular weight excluding hydrogens is 502 g/mol. The van der Waals surface area contributed by atoms with Crippen molar-refractivity contribution in [2.75, 3.05) is 18.0 Å². The number of nitrogens with two attached hydrogens (primary N) is 3. The van der Waals surface area contributed by atoms with E-state index in [-0.39, 0.29) is 29.0 Å². The number of carboxylic acids is 1. The topological polar surface area (TPSA) is 262 Å². The second-order valence-corrected chi connectivity index (χ2v) is 8.60. The van der Waals surface area contributed by atoms with Gasteiger partial charge in [0.1, 0.15) is 29.9 Å². The number of guanidine groups is 1. The molecule has 0 saturated carbocycles. The van der Waals surface area contributed by atoms with Gasteiger partial charge in [-0.2, -0.15) is 0 Å². The molecule has 0 spiro atoms. The van der Waals surface area contributed by atoms with Crippen molar-refractivity contribution in [2.24, 2.45) is 10.7 Å². The summed E-state index contributed by atoms with van der Waals surface area (Å²) in [5.74, 6) is -1.91. The lowest BCUT2D eigenvalue weighted by Gasteiger charge is -2.38. The highest BCUT2D eigenvalue weighted by Crippen LogP contribution is 2.25. The Kier molecular flexibility index (Phi) is 9.35. The summed E-state index contributed by atoms with van der Waals surface area (Å²) >= 11 is 0. The Balaban J connectivity index is 1.43. The Hall–Kier alpha value is -4.05. The molecule has 5 atom stereocenters. The van der Waals surface area contributed by atoms with Crippen LogP contribution in [0.25, 0.3) is 0 Å². The number of aliphatic carboxylic acids is 1. The zero-order valence-corrected chi connectivity index (χ0v) is 20.5. The Bertz CT molecular complexity index is 1180. The normalized spacial score (nSPS) is 23.6. The van der Waals surface area contributed by atoms with Gasteiger partial charge in [0.05, 0.1) is 5.69 Å². The second kappa shape index (κ2) is 12.5. The summed E-state index contributed by atoms with van der Waals surface area (Å²) in [7, 11) is 0. The molecule has 1 saturated heterocycles. The fourth-order valence-electron chi connectivity index (χ4n) is 3.59. The maximum atomic E-state index is 12.3. The van der Waals surface area contributed by atoms with Gasteiger partial charge in [-0.05, 0) is 43.9 Å². The molecule has 15 nitrogen and oxygen atoms in total. The average molecular weight is 534 g/mol. The van der Waals surface area contributed by atoms with Crippen LogP contribution < -0.4 is 27.3 Å². The van der Waals surface area contributed by atoms with E-state index in [0.29, 0.717) is 25.1 Å². The van der Waals surface area contributed by atoms with Gasteiger partial charge in [0.15, 0.2) is 23.6 Å². The fourth-order valence-corrected chi connectivity index (χ4v) is 3.59. The average Bonchev–Trinajstić information content (AvgIpc) is 2.86. The highest BCUT2D eigenvalue weighted by molar-refractivity contribution is 6.06. The van der Waals surface area contributed by atoms with E-state index in [1.165, 1.54) is 0 Å². The van der Waals surface area contributed by atoms with Crippen molar-refractivity contribution in [3.63, 3.8) is 0 Å². The van der Waals surface area contributed by atoms with Crippen molar-refractivity contribution in [1.82, 2.24) is 15.3 Å². The van der Waals surface area contributed by atoms with Crippen LogP contribution in [0.15, 0.2) is 29.3 Å². The number of aliphatic hydroxyl groups is 3. The van der Waals surface area contributed by atoms with Crippen molar-refractivity contribution in [1.29, 1.82) is 0 Å². The van der Waals surface area contributed by atoms with Crippen LogP contribution in [0.5, 0.6) is 5.75 Å². The molecule has 4 unspecified atom stereocenters. The van der Waals surface area contributed by atoms with Crippen LogP contribution in [0, 0.1) is 6.92 Å². The van der Waals surface area contributed by atoms with Gasteiger partial charge >= 0.3 is 5.97 Å². The number of anilines is 2. The first-order chi connectivity index (χ1) is 18.0. The molecule has 38 heavy (non-hydrogen) atoms. The van der Waals surface area contributed by atoms with E-state index >= 15 is 0 Å². The van der Waals surface area contributed by atoms with Crippen molar-refractivity contribution in [3.8, 4) is 5.75 Å². The van der Waals surface area contributed by atoms with E-state index in [1.807, 2.05) is 0 Å². The number of nitrogens with one attached hydrogen (secondary N) is 1. The van der Waals surface area contributed by atoms with Crippen LogP contribution in [0.4, 0.5) is 11.6 Å². The summed E-state index contributed by atoms with van der Waals surface area (Å²) in [6, 6.07) is 6.78. The number of nitrogens with zero attached hydrogens (tertiary/aromatic N) is 3. The monoisotopic (exact) mass is 533 g/mol. The third-order valence-corrected chi connectivity index (χ3v) is 5.73. The number of carboxylic acid groups (broad SMARTS) is 1. The molecule has 2 heterocycles. The molecular formula is C23H31N7O8. The molecule has 1 aliphatic heterocycles. The first-order valence-electron chi connectivity index (χ1n) is 11.7. The Morgan fingerprint density at radius 2 is 1.74 bits per heavy atom. The minimum Gasteiger partial charge on any atom is -0.479 e. The smallest absolute Gasteiger partial charge is 0.335 e. The Morgan fingerprint density at radius 1 is 1.05 bits per heavy atom. The molecule has 206 valence electrons. The van der Waals surface area contributed by atoms with E-state index in [0.717, 1.165) is 12.0 Å². The molecule has 1 aliphatic rings. The molecule has 1 aromatic carbocycles. The predicted octanol–water partition coefficient (Wildman–Crippen LogP) is -1.71. The number of rotatable bonds is 9. The van der Waals surface area contributed by atoms with Gasteiger partial charge in [-0.25, -0.2) is 14.8 Å². The van der Waals surface area contributed by atoms with E-state index in [9.17, 15) is 24.9 Å². The number of aliphatic hydroxyl groups excluding tert-OH is 3. The van der Waals surface area contributed by atoms with Crippen LogP contribution in [-0.2, 0) is 16.0 Å². The summed E-state index contributed by atoms with van der Waals surface area (Å²) in [5.41, 5.74) is 18.3. The van der Waals surface area contributed by atoms with Crippen LogP contribution in [-0.4, -0.2) is 85.5 Å². The predicted molar refractivity (Wildman–Crippen MR) is 134 cm³/mol. The number of carbonyl (C=O) groups excluding carboxylic acids is 1. The van der Waals surface area contributed by atoms with Crippen LogP contribution in [0.2, 0.25) is 0 Å². The number of benzene rings is 1. The number of unbranched alkanes of at least 4 members (excludes halogenated alkanes) is 1. The fraction of sp³-hybridized carbons (Fsp3) is 0.435. The number of carbonyl (C=O) groups is 2. The molecule has 1 amide bonds. The van der Waals surface area contributed by atoms with Crippen molar-refractivity contribution in [2.45, 2.75) is 56.9 Å². The third kappa shape index (κ3) is 7.04. The molecule has 0 radical (unpaired) electrons. The zero-order chi connectivity index (χ0) is 28.0. The second-order valence-electron chi connectivity index (χ2n) is 8.60. The SMILES string of the molecule is Cc1nc(C(=O)NC(N)=NCCCCc2ccc(OC3OC(C(=O)O)C(O)[C@H](O)C3O)cc2)c(N)nc1N. The van der Waals surface area contributed by atoms with Gasteiger partial charge in [-0.3, -0.25) is 15.1 Å². The number of hydrogen-bond acceptors (Lipinski definition) is 12. The van der Waals surface area contributed by atoms with E-state index < -0.39 is 42.6 Å². The number of aromatic nitrogens is 2. The third-order valence-electron chi connectivity index (χ3n) is 5.73. The van der Waals surface area contributed by atoms with Gasteiger partial charge in [0, 0.05) is 6.54 Å². The minimum absolute atomic E-state index is 0.0814. The van der Waals surface area contributed by atoms with Crippen LogP contribution in [0.3, 0.4) is 0 Å². The summed E-state index contributed by atoms with van der Waals surface area (Å²) in [4.78, 5) is 35.5. The summed E-state index contributed by atoms with van der Waals surface area (Å²) in [6.07, 6.45) is -6.25. The number of hydrogen-bond donors (Lipinski definition) is 8. The number of amides is 1. The number of ether oxygens (including phenoxy) is 2. The highest BCUT2D eigenvalue weighted by atomic mass is 16.7. The van der Waals surface area contributed by atoms with Gasteiger partial charge in [0.2, 0.25) is 6.29 Å². The van der Waals surface area contributed by atoms with Crippen molar-refractivity contribution < 1.29 is 39.5 Å². The van der Waals surface area contributed by atoms with Gasteiger partial charge in [0.25, 0.3) is 5.91 Å². The molecule has 2 aromatic rings. The van der Waals surface area contributed by atoms with Crippen molar-refractivity contribution in [3.05, 3.63) is 41.2 Å². The lowest BCUT2D eigenvalue weighted by molar-refractivity contribution is -0.271. The van der Waals surface area contributed by atoms with Crippen LogP contribution in [0.1, 0.15) is 34.6 Å². The zero-order valence-electron chi connectivity index (χ0n) is 20.5. The summed E-state index contributed by atoms with van der Waals surface area (Å²) < 4.78 is 10.6. The standard InChI is InChI=1S/C23H31N7O8/c1-10-18(24)29-19(25)13(28-10)20(34)30-23(26)27-9-3-2-4-11-5-7-12(8-6-11)37-22-16(33)14(31)15(32)17(38-22)21(35)36/h5-8,14-17,22,31-33H,2-4,9H2,1H3,(H,35,36)(H4,24,25,29)(H3,26,27,30,34)/t14-,15?,16?,17?,22?/m0/s1. The molecule has 1 aromatic heterocycles. The Labute approximate surface area is 217 Å². The van der Waals surface area contributed by atoms with E-state index in [4.69, 9.17) is 31.8 Å². The Morgan fingerprint density at radius 3 is 2.39 bits per heavy atom. The lowest BCUT2D eigenvalue weighted by Crippen LogP contribution is -2.61. The van der Waals surface area contributed by atoms with E-state index in [2.05, 4.69) is 20.3 Å². The van der Waals surface area contributed by atoms with Crippen LogP contribution >= 0.6 is 0 Å². The number of aryl methyl sites for hydroxylation is 2. The van der Waals surface area contributed by atoms with Gasteiger partial charge < -0.3 is 47.1 Å². The quantitative estimate of drug-likeness (QED) is 0.101. The van der Waals surface area contributed by atoms with E-state index in [1.54, 1.807) is 31.2 Å². The molecule has 3 rings (SSSR count). The summed E-state index contributed by atoms with van der Waals surface area (Å²) in [6.45, 7) is 1.96. The van der Waals surface area contributed by atoms with Gasteiger partial charge in [-0.15, -0.1) is 0 Å². The first-order valence-corrected chi connectivity index (χ1v) is 11.7.